The molecule has 0 spiro atoms. The number of aromatic amines is 1. The lowest BCUT2D eigenvalue weighted by atomic mass is 9.91. The van der Waals surface area contributed by atoms with Gasteiger partial charge in [-0.1, -0.05) is 0 Å². The molecular formula is C19H19FN6O3. The summed E-state index contributed by atoms with van der Waals surface area (Å²) in [6.07, 6.45) is 1.52. The normalized spacial score (nSPS) is 15.8. The Labute approximate surface area is 165 Å². The largest absolute Gasteiger partial charge is 0.368 e. The molecule has 10 heteroatoms. The second-order valence-electron chi connectivity index (χ2n) is 6.95. The van der Waals surface area contributed by atoms with E-state index in [0.717, 1.165) is 0 Å². The Kier molecular flexibility index (Phi) is 4.95. The van der Waals surface area contributed by atoms with E-state index in [0.29, 0.717) is 22.6 Å². The van der Waals surface area contributed by atoms with Crippen LogP contribution in [-0.2, 0) is 14.3 Å². The third kappa shape index (κ3) is 3.93. The van der Waals surface area contributed by atoms with Crippen LogP contribution in [0.3, 0.4) is 0 Å². The topological polar surface area (TPSA) is 128 Å². The number of nitrogens with zero attached hydrogens (tertiary/aromatic N) is 3. The SMILES string of the molecule is CC1(C(=O)Nc2nc(-c3ccc(F)cc3)c(-c3ccnc(N)n3)[nH]2)COCOC1. The van der Waals surface area contributed by atoms with Crippen LogP contribution >= 0.6 is 0 Å². The summed E-state index contributed by atoms with van der Waals surface area (Å²) in [6, 6.07) is 7.51. The number of nitrogens with one attached hydrogen (secondary N) is 2. The zero-order chi connectivity index (χ0) is 20.4. The van der Waals surface area contributed by atoms with Crippen molar-refractivity contribution in [2.45, 2.75) is 6.92 Å². The van der Waals surface area contributed by atoms with Crippen LogP contribution in [0, 0.1) is 11.2 Å². The lowest BCUT2D eigenvalue weighted by molar-refractivity contribution is -0.170. The fourth-order valence-electron chi connectivity index (χ4n) is 2.97. The molecule has 1 aliphatic heterocycles. The molecule has 1 saturated heterocycles. The van der Waals surface area contributed by atoms with E-state index in [1.165, 1.54) is 18.3 Å². The highest BCUT2D eigenvalue weighted by Crippen LogP contribution is 2.31. The summed E-state index contributed by atoms with van der Waals surface area (Å²) < 4.78 is 23.9. The van der Waals surface area contributed by atoms with Crippen molar-refractivity contribution in [2.75, 3.05) is 31.1 Å². The Morgan fingerprint density at radius 2 is 1.93 bits per heavy atom. The number of hydrogen-bond donors (Lipinski definition) is 3. The number of anilines is 2. The first kappa shape index (κ1) is 19.0. The molecule has 4 rings (SSSR count). The van der Waals surface area contributed by atoms with Crippen molar-refractivity contribution < 1.29 is 18.7 Å². The Bertz CT molecular complexity index is 1030. The van der Waals surface area contributed by atoms with Crippen molar-refractivity contribution in [1.29, 1.82) is 0 Å². The van der Waals surface area contributed by atoms with Crippen LogP contribution in [0.5, 0.6) is 0 Å². The maximum atomic E-state index is 13.4. The number of carbonyl (C=O) groups is 1. The van der Waals surface area contributed by atoms with Crippen molar-refractivity contribution >= 4 is 17.8 Å². The molecule has 1 amide bonds. The average molecular weight is 398 g/mol. The maximum Gasteiger partial charge on any atom is 0.237 e. The zero-order valence-corrected chi connectivity index (χ0v) is 15.6. The van der Waals surface area contributed by atoms with Gasteiger partial charge in [0.15, 0.2) is 0 Å². The first-order valence-electron chi connectivity index (χ1n) is 8.86. The summed E-state index contributed by atoms with van der Waals surface area (Å²) in [6.45, 7) is 2.38. The number of H-pyrrole nitrogens is 1. The van der Waals surface area contributed by atoms with E-state index >= 15 is 0 Å². The van der Waals surface area contributed by atoms with Crippen molar-refractivity contribution in [1.82, 2.24) is 19.9 Å². The highest BCUT2D eigenvalue weighted by atomic mass is 19.1. The van der Waals surface area contributed by atoms with Crippen molar-refractivity contribution in [3.8, 4) is 22.6 Å². The quantitative estimate of drug-likeness (QED) is 0.615. The molecule has 0 unspecified atom stereocenters. The molecule has 3 aromatic rings. The zero-order valence-electron chi connectivity index (χ0n) is 15.6. The third-order valence-corrected chi connectivity index (χ3v) is 4.54. The van der Waals surface area contributed by atoms with E-state index in [1.807, 2.05) is 0 Å². The Morgan fingerprint density at radius 1 is 1.21 bits per heavy atom. The first-order chi connectivity index (χ1) is 13.9. The number of benzene rings is 1. The molecule has 1 aliphatic rings. The van der Waals surface area contributed by atoms with E-state index in [2.05, 4.69) is 25.3 Å². The van der Waals surface area contributed by atoms with E-state index < -0.39 is 5.41 Å². The molecule has 0 aliphatic carbocycles. The van der Waals surface area contributed by atoms with Crippen molar-refractivity contribution in [3.05, 3.63) is 42.3 Å². The van der Waals surface area contributed by atoms with Gasteiger partial charge in [0.25, 0.3) is 0 Å². The van der Waals surface area contributed by atoms with Gasteiger partial charge in [-0.25, -0.2) is 19.3 Å². The molecule has 2 aromatic heterocycles. The molecule has 0 atom stereocenters. The van der Waals surface area contributed by atoms with E-state index in [1.54, 1.807) is 25.1 Å². The molecule has 1 aromatic carbocycles. The number of nitrogens with two attached hydrogens (primary N) is 1. The summed E-state index contributed by atoms with van der Waals surface area (Å²) in [5, 5.41) is 2.76. The first-order valence-corrected chi connectivity index (χ1v) is 8.86. The summed E-state index contributed by atoms with van der Waals surface area (Å²) in [4.78, 5) is 28.4. The lowest BCUT2D eigenvalue weighted by Crippen LogP contribution is -2.44. The van der Waals surface area contributed by atoms with Gasteiger partial charge in [-0.2, -0.15) is 0 Å². The van der Waals surface area contributed by atoms with Crippen LogP contribution in [0.1, 0.15) is 6.92 Å². The number of ether oxygens (including phenoxy) is 2. The molecule has 0 bridgehead atoms. The minimum Gasteiger partial charge on any atom is -0.368 e. The monoisotopic (exact) mass is 398 g/mol. The van der Waals surface area contributed by atoms with Gasteiger partial charge in [-0.15, -0.1) is 0 Å². The molecule has 9 nitrogen and oxygen atoms in total. The van der Waals surface area contributed by atoms with Crippen LogP contribution in [0.2, 0.25) is 0 Å². The van der Waals surface area contributed by atoms with Crippen LogP contribution in [-0.4, -0.2) is 45.8 Å². The van der Waals surface area contributed by atoms with Gasteiger partial charge >= 0.3 is 0 Å². The number of imidazole rings is 1. The van der Waals surface area contributed by atoms with E-state index in [9.17, 15) is 9.18 Å². The fourth-order valence-corrected chi connectivity index (χ4v) is 2.97. The number of nitrogen functional groups attached to an aromatic ring is 1. The summed E-state index contributed by atoms with van der Waals surface area (Å²) >= 11 is 0. The van der Waals surface area contributed by atoms with Gasteiger partial charge in [0.1, 0.15) is 12.6 Å². The van der Waals surface area contributed by atoms with Gasteiger partial charge in [-0.05, 0) is 37.3 Å². The number of hydrogen-bond acceptors (Lipinski definition) is 7. The number of halogens is 1. The van der Waals surface area contributed by atoms with Gasteiger partial charge < -0.3 is 20.2 Å². The molecule has 3 heterocycles. The average Bonchev–Trinajstić information content (AvgIpc) is 3.13. The Hall–Kier alpha value is -3.37. The van der Waals surface area contributed by atoms with Crippen LogP contribution in [0.4, 0.5) is 16.3 Å². The second-order valence-corrected chi connectivity index (χ2v) is 6.95. The summed E-state index contributed by atoms with van der Waals surface area (Å²) in [7, 11) is 0. The standard InChI is InChI=1S/C19H19FN6O3/c1-19(8-28-10-29-9-19)16(27)26-18-24-14(11-2-4-12(20)5-3-11)15(25-18)13-6-7-22-17(21)23-13/h2-7H,8-10H2,1H3,(H2,21,22,23)(H2,24,25,26,27). The van der Waals surface area contributed by atoms with Gasteiger partial charge in [-0.3, -0.25) is 10.1 Å². The van der Waals surface area contributed by atoms with Gasteiger partial charge in [0, 0.05) is 11.8 Å². The molecule has 1 fully saturated rings. The predicted molar refractivity (Wildman–Crippen MR) is 103 cm³/mol. The lowest BCUT2D eigenvalue weighted by Gasteiger charge is -2.31. The Balaban J connectivity index is 1.71. The smallest absolute Gasteiger partial charge is 0.237 e. The number of carbonyl (C=O) groups excluding carboxylic acids is 1. The number of amides is 1. The third-order valence-electron chi connectivity index (χ3n) is 4.54. The molecule has 150 valence electrons. The molecule has 29 heavy (non-hydrogen) atoms. The van der Waals surface area contributed by atoms with Crippen LogP contribution < -0.4 is 11.1 Å². The minimum absolute atomic E-state index is 0.0942. The van der Waals surface area contributed by atoms with Gasteiger partial charge in [0.2, 0.25) is 17.8 Å². The van der Waals surface area contributed by atoms with Crippen molar-refractivity contribution in [3.63, 3.8) is 0 Å². The van der Waals surface area contributed by atoms with Crippen LogP contribution in [0.15, 0.2) is 36.5 Å². The molecule has 0 saturated carbocycles. The van der Waals surface area contributed by atoms with Crippen LogP contribution in [0.25, 0.3) is 22.6 Å². The minimum atomic E-state index is -0.847. The summed E-state index contributed by atoms with van der Waals surface area (Å²) in [5.74, 6) is -0.355. The van der Waals surface area contributed by atoms with E-state index in [-0.39, 0.29) is 43.6 Å². The highest BCUT2D eigenvalue weighted by Gasteiger charge is 2.37. The molecular weight excluding hydrogens is 379 g/mol. The number of aromatic nitrogens is 4. The molecule has 0 radical (unpaired) electrons. The van der Waals surface area contributed by atoms with E-state index in [4.69, 9.17) is 15.2 Å². The summed E-state index contributed by atoms with van der Waals surface area (Å²) in [5.41, 5.74) is 6.99. The highest BCUT2D eigenvalue weighted by molar-refractivity contribution is 5.95. The Morgan fingerprint density at radius 3 is 2.62 bits per heavy atom. The fraction of sp³-hybridized carbons (Fsp3) is 0.263. The second kappa shape index (κ2) is 7.57. The number of rotatable bonds is 4. The molecule has 4 N–H and O–H groups in total. The maximum absolute atomic E-state index is 13.4. The van der Waals surface area contributed by atoms with Crippen molar-refractivity contribution in [2.24, 2.45) is 5.41 Å². The predicted octanol–water partition coefficient (Wildman–Crippen LogP) is 2.20. The van der Waals surface area contributed by atoms with Gasteiger partial charge in [0.05, 0.1) is 35.7 Å².